The standard InChI is InChI=1S/C18H21N3O5/c1-3-25-17(23)14(21-16(22)12-8-6-5-7-9-12)10-13-11-19-15(20-13)18(24)26-4-2/h5-9,11,14H,3-4,10H2,1-2H3,(H,19,20)(H,21,22). The van der Waals surface area contributed by atoms with Gasteiger partial charge in [-0.1, -0.05) is 18.2 Å². The maximum absolute atomic E-state index is 12.3. The van der Waals surface area contributed by atoms with Crippen LogP contribution in [0.15, 0.2) is 36.5 Å². The zero-order valence-electron chi connectivity index (χ0n) is 14.7. The van der Waals surface area contributed by atoms with E-state index in [4.69, 9.17) is 9.47 Å². The molecular weight excluding hydrogens is 338 g/mol. The molecule has 1 unspecified atom stereocenters. The number of imidazole rings is 1. The molecule has 8 nitrogen and oxygen atoms in total. The summed E-state index contributed by atoms with van der Waals surface area (Å²) in [6.07, 6.45) is 1.52. The van der Waals surface area contributed by atoms with Crippen molar-refractivity contribution in [1.29, 1.82) is 0 Å². The van der Waals surface area contributed by atoms with Crippen LogP contribution < -0.4 is 5.32 Å². The van der Waals surface area contributed by atoms with E-state index in [0.717, 1.165) is 0 Å². The molecule has 1 aromatic heterocycles. The number of carbonyl (C=O) groups is 3. The summed E-state index contributed by atoms with van der Waals surface area (Å²) < 4.78 is 9.89. The Hall–Kier alpha value is -3.16. The molecule has 0 aliphatic heterocycles. The second kappa shape index (κ2) is 9.36. The Morgan fingerprint density at radius 2 is 1.81 bits per heavy atom. The van der Waals surface area contributed by atoms with Crippen LogP contribution in [0.5, 0.6) is 0 Å². The van der Waals surface area contributed by atoms with Gasteiger partial charge < -0.3 is 19.8 Å². The molecule has 138 valence electrons. The van der Waals surface area contributed by atoms with Crippen LogP contribution in [0.2, 0.25) is 0 Å². The number of esters is 2. The van der Waals surface area contributed by atoms with Crippen LogP contribution in [0.25, 0.3) is 0 Å². The smallest absolute Gasteiger partial charge is 0.374 e. The predicted octanol–water partition coefficient (Wildman–Crippen LogP) is 1.49. The minimum atomic E-state index is -0.918. The molecule has 2 N–H and O–H groups in total. The van der Waals surface area contributed by atoms with Crippen LogP contribution in [0.3, 0.4) is 0 Å². The first kappa shape index (κ1) is 19.2. The molecule has 0 fully saturated rings. The Bertz CT molecular complexity index is 757. The number of H-pyrrole nitrogens is 1. The zero-order valence-corrected chi connectivity index (χ0v) is 14.7. The van der Waals surface area contributed by atoms with E-state index in [0.29, 0.717) is 11.3 Å². The van der Waals surface area contributed by atoms with Gasteiger partial charge in [-0.25, -0.2) is 14.6 Å². The monoisotopic (exact) mass is 359 g/mol. The van der Waals surface area contributed by atoms with Crippen LogP contribution >= 0.6 is 0 Å². The molecular formula is C18H21N3O5. The third-order valence-corrected chi connectivity index (χ3v) is 3.43. The SMILES string of the molecule is CCOC(=O)c1ncc(CC(NC(=O)c2ccccc2)C(=O)OCC)[nH]1. The van der Waals surface area contributed by atoms with Gasteiger partial charge in [-0.05, 0) is 26.0 Å². The van der Waals surface area contributed by atoms with E-state index in [-0.39, 0.29) is 25.5 Å². The maximum atomic E-state index is 12.3. The number of hydrogen-bond donors (Lipinski definition) is 2. The Morgan fingerprint density at radius 1 is 1.12 bits per heavy atom. The van der Waals surface area contributed by atoms with E-state index in [2.05, 4.69) is 15.3 Å². The number of aromatic nitrogens is 2. The number of nitrogens with zero attached hydrogens (tertiary/aromatic N) is 1. The molecule has 0 bridgehead atoms. The highest BCUT2D eigenvalue weighted by molar-refractivity contribution is 5.96. The van der Waals surface area contributed by atoms with Crippen molar-refractivity contribution in [3.8, 4) is 0 Å². The van der Waals surface area contributed by atoms with E-state index in [1.54, 1.807) is 44.2 Å². The molecule has 1 atom stereocenters. The molecule has 0 aliphatic rings. The number of amides is 1. The van der Waals surface area contributed by atoms with E-state index in [1.807, 2.05) is 0 Å². The molecule has 1 aromatic carbocycles. The number of hydrogen-bond acceptors (Lipinski definition) is 6. The lowest BCUT2D eigenvalue weighted by Crippen LogP contribution is -2.43. The maximum Gasteiger partial charge on any atom is 0.374 e. The van der Waals surface area contributed by atoms with Crippen LogP contribution in [0.1, 0.15) is 40.5 Å². The van der Waals surface area contributed by atoms with Crippen LogP contribution in [-0.4, -0.2) is 47.1 Å². The Morgan fingerprint density at radius 3 is 2.46 bits per heavy atom. The summed E-state index contributed by atoms with van der Waals surface area (Å²) in [7, 11) is 0. The number of aromatic amines is 1. The summed E-state index contributed by atoms with van der Waals surface area (Å²) in [6, 6.07) is 7.63. The summed E-state index contributed by atoms with van der Waals surface area (Å²) in [4.78, 5) is 42.9. The van der Waals surface area contributed by atoms with Gasteiger partial charge in [0, 0.05) is 23.9 Å². The second-order valence-electron chi connectivity index (χ2n) is 5.33. The quantitative estimate of drug-likeness (QED) is 0.691. The Balaban J connectivity index is 2.11. The number of ether oxygens (including phenoxy) is 2. The average molecular weight is 359 g/mol. The predicted molar refractivity (Wildman–Crippen MR) is 92.6 cm³/mol. The number of rotatable bonds is 8. The van der Waals surface area contributed by atoms with Gasteiger partial charge in [0.2, 0.25) is 5.82 Å². The average Bonchev–Trinajstić information content (AvgIpc) is 3.11. The van der Waals surface area contributed by atoms with Gasteiger partial charge in [-0.2, -0.15) is 0 Å². The first-order valence-electron chi connectivity index (χ1n) is 8.28. The largest absolute Gasteiger partial charge is 0.464 e. The van der Waals surface area contributed by atoms with Gasteiger partial charge in [0.15, 0.2) is 0 Å². The first-order valence-corrected chi connectivity index (χ1v) is 8.28. The molecule has 1 heterocycles. The highest BCUT2D eigenvalue weighted by Crippen LogP contribution is 2.07. The third-order valence-electron chi connectivity index (χ3n) is 3.43. The summed E-state index contributed by atoms with van der Waals surface area (Å²) in [5.41, 5.74) is 0.929. The van der Waals surface area contributed by atoms with Gasteiger partial charge in [0.1, 0.15) is 6.04 Å². The third kappa shape index (κ3) is 5.17. The Labute approximate surface area is 150 Å². The van der Waals surface area contributed by atoms with Crippen LogP contribution in [-0.2, 0) is 20.7 Å². The normalized spacial score (nSPS) is 11.5. The van der Waals surface area contributed by atoms with Crippen LogP contribution in [0, 0.1) is 0 Å². The molecule has 0 radical (unpaired) electrons. The van der Waals surface area contributed by atoms with Gasteiger partial charge >= 0.3 is 11.9 Å². The van der Waals surface area contributed by atoms with Crippen molar-refractivity contribution in [2.24, 2.45) is 0 Å². The minimum absolute atomic E-state index is 0.0406. The first-order chi connectivity index (χ1) is 12.5. The molecule has 26 heavy (non-hydrogen) atoms. The molecule has 2 aromatic rings. The fourth-order valence-corrected chi connectivity index (χ4v) is 2.25. The summed E-state index contributed by atoms with van der Waals surface area (Å²) >= 11 is 0. The lowest BCUT2D eigenvalue weighted by Gasteiger charge is -2.16. The molecule has 8 heteroatoms. The molecule has 0 spiro atoms. The van der Waals surface area contributed by atoms with Crippen molar-refractivity contribution in [1.82, 2.24) is 15.3 Å². The molecule has 2 rings (SSSR count). The Kier molecular flexibility index (Phi) is 6.90. The molecule has 0 saturated heterocycles. The number of benzene rings is 1. The second-order valence-corrected chi connectivity index (χ2v) is 5.33. The summed E-state index contributed by atoms with van der Waals surface area (Å²) in [6.45, 7) is 3.79. The topological polar surface area (TPSA) is 110 Å². The highest BCUT2D eigenvalue weighted by atomic mass is 16.5. The minimum Gasteiger partial charge on any atom is -0.464 e. The van der Waals surface area contributed by atoms with Gasteiger partial charge in [0.25, 0.3) is 5.91 Å². The van der Waals surface area contributed by atoms with Crippen molar-refractivity contribution in [3.05, 3.63) is 53.6 Å². The van der Waals surface area contributed by atoms with E-state index < -0.39 is 23.9 Å². The lowest BCUT2D eigenvalue weighted by atomic mass is 10.1. The van der Waals surface area contributed by atoms with Crippen LogP contribution in [0.4, 0.5) is 0 Å². The lowest BCUT2D eigenvalue weighted by molar-refractivity contribution is -0.145. The van der Waals surface area contributed by atoms with Crippen molar-refractivity contribution >= 4 is 17.8 Å². The highest BCUT2D eigenvalue weighted by Gasteiger charge is 2.24. The van der Waals surface area contributed by atoms with Crippen molar-refractivity contribution in [2.45, 2.75) is 26.3 Å². The van der Waals surface area contributed by atoms with Crippen molar-refractivity contribution in [2.75, 3.05) is 13.2 Å². The van der Waals surface area contributed by atoms with E-state index in [1.165, 1.54) is 6.20 Å². The number of nitrogens with one attached hydrogen (secondary N) is 2. The van der Waals surface area contributed by atoms with Gasteiger partial charge in [0.05, 0.1) is 13.2 Å². The molecule has 0 aliphatic carbocycles. The zero-order chi connectivity index (χ0) is 18.9. The van der Waals surface area contributed by atoms with Gasteiger partial charge in [-0.15, -0.1) is 0 Å². The summed E-state index contributed by atoms with van der Waals surface area (Å²) in [5, 5.41) is 2.65. The van der Waals surface area contributed by atoms with Gasteiger partial charge in [-0.3, -0.25) is 4.79 Å². The van der Waals surface area contributed by atoms with E-state index >= 15 is 0 Å². The van der Waals surface area contributed by atoms with Crippen molar-refractivity contribution in [3.63, 3.8) is 0 Å². The fraction of sp³-hybridized carbons (Fsp3) is 0.333. The van der Waals surface area contributed by atoms with Crippen molar-refractivity contribution < 1.29 is 23.9 Å². The summed E-state index contributed by atoms with van der Waals surface area (Å²) in [5.74, 6) is -1.50. The molecule has 0 saturated carbocycles. The molecule has 1 amide bonds. The fourth-order valence-electron chi connectivity index (χ4n) is 2.25. The van der Waals surface area contributed by atoms with E-state index in [9.17, 15) is 14.4 Å². The number of carbonyl (C=O) groups excluding carboxylic acids is 3.